The van der Waals surface area contributed by atoms with Gasteiger partial charge in [0.2, 0.25) is 5.91 Å². The molecule has 1 N–H and O–H groups in total. The summed E-state index contributed by atoms with van der Waals surface area (Å²) in [7, 11) is -3.76. The Labute approximate surface area is 198 Å². The van der Waals surface area contributed by atoms with E-state index < -0.39 is 14.9 Å². The van der Waals surface area contributed by atoms with E-state index in [1.165, 1.54) is 28.6 Å². The van der Waals surface area contributed by atoms with Gasteiger partial charge in [-0.25, -0.2) is 8.42 Å². The largest absolute Gasteiger partial charge is 0.326 e. The Bertz CT molecular complexity index is 1310. The van der Waals surface area contributed by atoms with Crippen molar-refractivity contribution in [3.05, 3.63) is 94.0 Å². The number of carbonyl (C=O) groups excluding carboxylic acids is 1. The summed E-state index contributed by atoms with van der Waals surface area (Å²) in [5.74, 6) is -0.222. The van der Waals surface area contributed by atoms with Crippen molar-refractivity contribution in [2.24, 2.45) is 0 Å². The van der Waals surface area contributed by atoms with E-state index in [2.05, 4.69) is 5.32 Å². The van der Waals surface area contributed by atoms with E-state index in [-0.39, 0.29) is 22.9 Å². The Kier molecular flexibility index (Phi) is 6.93. The lowest BCUT2D eigenvalue weighted by Crippen LogP contribution is -2.35. The average molecular weight is 480 g/mol. The molecular formula is C25H25N3O5S. The lowest BCUT2D eigenvalue weighted by Gasteiger charge is -2.30. The maximum atomic E-state index is 13.4. The van der Waals surface area contributed by atoms with Crippen molar-refractivity contribution in [2.45, 2.75) is 37.0 Å². The van der Waals surface area contributed by atoms with E-state index >= 15 is 0 Å². The van der Waals surface area contributed by atoms with Crippen LogP contribution in [0.5, 0.6) is 0 Å². The van der Waals surface area contributed by atoms with Gasteiger partial charge in [0, 0.05) is 30.8 Å². The summed E-state index contributed by atoms with van der Waals surface area (Å²) < 4.78 is 28.1. The molecule has 1 amide bonds. The number of fused-ring (bicyclic) bond motifs is 1. The van der Waals surface area contributed by atoms with Gasteiger partial charge in [0.25, 0.3) is 15.7 Å². The van der Waals surface area contributed by atoms with Gasteiger partial charge < -0.3 is 5.32 Å². The molecule has 1 heterocycles. The van der Waals surface area contributed by atoms with E-state index in [0.29, 0.717) is 30.8 Å². The standard InChI is InChI=1S/C25H25N3O5S/c29-25(12-3-6-19-13-15-22(16-14-19)28(30)31)26-21-9-4-10-23(18-21)34(32,33)27-17-5-8-20-7-1-2-11-24(20)27/h1-2,4,7,9-11,13-16,18H,3,5-6,8,12,17H2,(H,26,29). The molecule has 1 aliphatic heterocycles. The molecule has 4 rings (SSSR count). The van der Waals surface area contributed by atoms with Crippen molar-refractivity contribution in [3.8, 4) is 0 Å². The van der Waals surface area contributed by atoms with Gasteiger partial charge in [-0.05, 0) is 61.1 Å². The zero-order chi connectivity index (χ0) is 24.1. The quantitative estimate of drug-likeness (QED) is 0.372. The van der Waals surface area contributed by atoms with Crippen LogP contribution in [0.3, 0.4) is 0 Å². The summed E-state index contributed by atoms with van der Waals surface area (Å²) in [6, 6.07) is 20.1. The average Bonchev–Trinajstić information content (AvgIpc) is 2.84. The van der Waals surface area contributed by atoms with Crippen molar-refractivity contribution >= 4 is 33.0 Å². The zero-order valence-corrected chi connectivity index (χ0v) is 19.3. The number of aryl methyl sites for hydroxylation is 2. The minimum Gasteiger partial charge on any atom is -0.326 e. The van der Waals surface area contributed by atoms with E-state index in [4.69, 9.17) is 0 Å². The lowest BCUT2D eigenvalue weighted by atomic mass is 10.0. The molecule has 0 unspecified atom stereocenters. The zero-order valence-electron chi connectivity index (χ0n) is 18.5. The van der Waals surface area contributed by atoms with Crippen LogP contribution in [0.25, 0.3) is 0 Å². The third-order valence-corrected chi connectivity index (χ3v) is 7.60. The van der Waals surface area contributed by atoms with Gasteiger partial charge >= 0.3 is 0 Å². The van der Waals surface area contributed by atoms with Gasteiger partial charge in [0.05, 0.1) is 15.5 Å². The van der Waals surface area contributed by atoms with E-state index in [1.807, 2.05) is 24.3 Å². The molecule has 9 heteroatoms. The van der Waals surface area contributed by atoms with Gasteiger partial charge in [-0.2, -0.15) is 0 Å². The second kappa shape index (κ2) is 10.0. The van der Waals surface area contributed by atoms with Crippen molar-refractivity contribution < 1.29 is 18.1 Å². The van der Waals surface area contributed by atoms with E-state index in [0.717, 1.165) is 24.0 Å². The van der Waals surface area contributed by atoms with Gasteiger partial charge in [0.15, 0.2) is 0 Å². The Morgan fingerprint density at radius 1 is 1.03 bits per heavy atom. The van der Waals surface area contributed by atoms with Gasteiger partial charge in [-0.3, -0.25) is 19.2 Å². The van der Waals surface area contributed by atoms with Crippen LogP contribution >= 0.6 is 0 Å². The van der Waals surface area contributed by atoms with Crippen LogP contribution in [-0.4, -0.2) is 25.8 Å². The van der Waals surface area contributed by atoms with Crippen LogP contribution in [0.15, 0.2) is 77.7 Å². The molecule has 0 spiro atoms. The fraction of sp³-hybridized carbons (Fsp3) is 0.240. The van der Waals surface area contributed by atoms with Crippen LogP contribution in [0, 0.1) is 10.1 Å². The summed E-state index contributed by atoms with van der Waals surface area (Å²) in [5.41, 5.74) is 3.08. The second-order valence-electron chi connectivity index (χ2n) is 8.16. The smallest absolute Gasteiger partial charge is 0.269 e. The van der Waals surface area contributed by atoms with Crippen molar-refractivity contribution in [1.82, 2.24) is 0 Å². The molecular weight excluding hydrogens is 454 g/mol. The van der Waals surface area contributed by atoms with E-state index in [9.17, 15) is 23.3 Å². The molecule has 0 saturated heterocycles. The highest BCUT2D eigenvalue weighted by Crippen LogP contribution is 2.32. The molecule has 0 fully saturated rings. The van der Waals surface area contributed by atoms with Crippen molar-refractivity contribution in [2.75, 3.05) is 16.2 Å². The third-order valence-electron chi connectivity index (χ3n) is 5.79. The first-order valence-corrected chi connectivity index (χ1v) is 12.5. The molecule has 3 aromatic rings. The van der Waals surface area contributed by atoms with Crippen LogP contribution in [0.2, 0.25) is 0 Å². The first kappa shape index (κ1) is 23.4. The van der Waals surface area contributed by atoms with Gasteiger partial charge in [-0.1, -0.05) is 36.4 Å². The first-order chi connectivity index (χ1) is 16.3. The molecule has 1 aliphatic rings. The monoisotopic (exact) mass is 479 g/mol. The summed E-state index contributed by atoms with van der Waals surface area (Å²) >= 11 is 0. The Morgan fingerprint density at radius 3 is 2.56 bits per heavy atom. The number of nitrogens with zero attached hydrogens (tertiary/aromatic N) is 2. The van der Waals surface area contributed by atoms with Gasteiger partial charge in [-0.15, -0.1) is 0 Å². The van der Waals surface area contributed by atoms with Crippen LogP contribution in [-0.2, 0) is 27.7 Å². The third kappa shape index (κ3) is 5.26. The molecule has 0 aromatic heterocycles. The Morgan fingerprint density at radius 2 is 1.79 bits per heavy atom. The Balaban J connectivity index is 1.39. The normalized spacial score (nSPS) is 13.2. The SMILES string of the molecule is O=C(CCCc1ccc([N+](=O)[O-])cc1)Nc1cccc(S(=O)(=O)N2CCCc3ccccc32)c1. The number of carbonyl (C=O) groups is 1. The number of non-ortho nitro benzene ring substituents is 1. The minimum absolute atomic E-state index is 0.0318. The Hall–Kier alpha value is -3.72. The highest BCUT2D eigenvalue weighted by Gasteiger charge is 2.29. The molecule has 0 atom stereocenters. The first-order valence-electron chi connectivity index (χ1n) is 11.1. The number of para-hydroxylation sites is 1. The molecule has 8 nitrogen and oxygen atoms in total. The summed E-state index contributed by atoms with van der Waals surface area (Å²) in [5, 5.41) is 13.5. The predicted molar refractivity (Wildman–Crippen MR) is 130 cm³/mol. The summed E-state index contributed by atoms with van der Waals surface area (Å²) in [4.78, 5) is 22.8. The maximum absolute atomic E-state index is 13.4. The topological polar surface area (TPSA) is 110 Å². The fourth-order valence-corrected chi connectivity index (χ4v) is 5.66. The molecule has 0 saturated carbocycles. The van der Waals surface area contributed by atoms with Gasteiger partial charge in [0.1, 0.15) is 0 Å². The number of rotatable bonds is 8. The number of amides is 1. The molecule has 0 bridgehead atoms. The summed E-state index contributed by atoms with van der Waals surface area (Å²) in [6.07, 6.45) is 3.01. The predicted octanol–water partition coefficient (Wildman–Crippen LogP) is 4.70. The maximum Gasteiger partial charge on any atom is 0.269 e. The number of hydrogen-bond acceptors (Lipinski definition) is 5. The van der Waals surface area contributed by atoms with E-state index in [1.54, 1.807) is 24.3 Å². The van der Waals surface area contributed by atoms with Crippen LogP contribution in [0.1, 0.15) is 30.4 Å². The van der Waals surface area contributed by atoms with Crippen molar-refractivity contribution in [1.29, 1.82) is 0 Å². The second-order valence-corrected chi connectivity index (χ2v) is 10.0. The number of nitro groups is 1. The molecule has 176 valence electrons. The molecule has 0 aliphatic carbocycles. The highest BCUT2D eigenvalue weighted by molar-refractivity contribution is 7.92. The molecule has 34 heavy (non-hydrogen) atoms. The number of hydrogen-bond donors (Lipinski definition) is 1. The number of benzene rings is 3. The van der Waals surface area contributed by atoms with Crippen LogP contribution < -0.4 is 9.62 Å². The minimum atomic E-state index is -3.76. The van der Waals surface area contributed by atoms with Crippen molar-refractivity contribution in [3.63, 3.8) is 0 Å². The number of nitro benzene ring substituents is 1. The number of sulfonamides is 1. The molecule has 3 aromatic carbocycles. The highest BCUT2D eigenvalue weighted by atomic mass is 32.2. The lowest BCUT2D eigenvalue weighted by molar-refractivity contribution is -0.384. The number of nitrogens with one attached hydrogen (secondary N) is 1. The fourth-order valence-electron chi connectivity index (χ4n) is 4.07. The summed E-state index contributed by atoms with van der Waals surface area (Å²) in [6.45, 7) is 0.415. The number of anilines is 2. The van der Waals surface area contributed by atoms with Crippen LogP contribution in [0.4, 0.5) is 17.1 Å². The molecule has 0 radical (unpaired) electrons.